The number of nitrogens with zero attached hydrogens (tertiary/aromatic N) is 2. The van der Waals surface area contributed by atoms with Crippen molar-refractivity contribution in [3.63, 3.8) is 0 Å². The van der Waals surface area contributed by atoms with Crippen LogP contribution in [-0.4, -0.2) is 20.3 Å². The molecule has 4 N–H and O–H groups in total. The van der Waals surface area contributed by atoms with Crippen LogP contribution in [0.5, 0.6) is 0 Å². The van der Waals surface area contributed by atoms with Crippen molar-refractivity contribution in [1.29, 1.82) is 0 Å². The first-order chi connectivity index (χ1) is 6.77. The highest BCUT2D eigenvalue weighted by molar-refractivity contribution is 5.24. The van der Waals surface area contributed by atoms with Crippen LogP contribution in [0.25, 0.3) is 0 Å². The van der Waals surface area contributed by atoms with E-state index in [9.17, 15) is 5.11 Å². The summed E-state index contributed by atoms with van der Waals surface area (Å²) >= 11 is 0. The highest BCUT2D eigenvalue weighted by Gasteiger charge is 2.13. The second-order valence-corrected chi connectivity index (χ2v) is 2.89. The molecule has 1 aromatic heterocycles. The third-order valence-electron chi connectivity index (χ3n) is 1.89. The van der Waals surface area contributed by atoms with Crippen molar-refractivity contribution in [3.8, 4) is 0 Å². The molecule has 14 heavy (non-hydrogen) atoms. The number of rotatable bonds is 2. The number of nitrogens with one attached hydrogen (secondary N) is 1. The highest BCUT2D eigenvalue weighted by Crippen LogP contribution is 2.17. The lowest BCUT2D eigenvalue weighted by molar-refractivity contribution is 0.210. The maximum Gasteiger partial charge on any atom is 0.239 e. The fourth-order valence-electron chi connectivity index (χ4n) is 1.20. The van der Waals surface area contributed by atoms with E-state index in [1.165, 1.54) is 0 Å². The number of aliphatic hydroxyl groups excluding tert-OH is 1. The summed E-state index contributed by atoms with van der Waals surface area (Å²) in [6.45, 7) is 0. The molecule has 1 atom stereocenters. The zero-order chi connectivity index (χ0) is 9.97. The van der Waals surface area contributed by atoms with Crippen LogP contribution in [0.1, 0.15) is 17.5 Å². The van der Waals surface area contributed by atoms with E-state index in [-0.39, 0.29) is 5.95 Å². The van der Waals surface area contributed by atoms with Gasteiger partial charge in [0.1, 0.15) is 6.10 Å². The summed E-state index contributed by atoms with van der Waals surface area (Å²) in [5, 5.41) is 16.0. The van der Waals surface area contributed by atoms with Crippen molar-refractivity contribution in [3.05, 3.63) is 41.7 Å². The van der Waals surface area contributed by atoms with Gasteiger partial charge in [0.25, 0.3) is 0 Å². The minimum atomic E-state index is -0.805. The second-order valence-electron chi connectivity index (χ2n) is 2.89. The quantitative estimate of drug-likeness (QED) is 0.642. The number of nitrogens with two attached hydrogens (primary N) is 1. The van der Waals surface area contributed by atoms with Gasteiger partial charge in [0.15, 0.2) is 5.82 Å². The second kappa shape index (κ2) is 3.47. The lowest BCUT2D eigenvalue weighted by Gasteiger charge is -2.05. The van der Waals surface area contributed by atoms with Crippen molar-refractivity contribution >= 4 is 5.95 Å². The maximum absolute atomic E-state index is 9.82. The van der Waals surface area contributed by atoms with Crippen molar-refractivity contribution in [2.45, 2.75) is 6.10 Å². The molecule has 0 radical (unpaired) electrons. The molecule has 0 spiro atoms. The molecular formula is C9H10N4O. The van der Waals surface area contributed by atoms with E-state index in [0.717, 1.165) is 5.56 Å². The van der Waals surface area contributed by atoms with Crippen molar-refractivity contribution in [2.75, 3.05) is 5.73 Å². The Kier molecular flexibility index (Phi) is 2.16. The van der Waals surface area contributed by atoms with E-state index in [1.54, 1.807) is 0 Å². The molecule has 0 aliphatic heterocycles. The van der Waals surface area contributed by atoms with Gasteiger partial charge in [-0.05, 0) is 5.56 Å². The summed E-state index contributed by atoms with van der Waals surface area (Å²) in [6.07, 6.45) is -0.805. The van der Waals surface area contributed by atoms with Crippen molar-refractivity contribution in [1.82, 2.24) is 15.2 Å². The Balaban J connectivity index is 2.29. The first-order valence-corrected chi connectivity index (χ1v) is 4.18. The van der Waals surface area contributed by atoms with Crippen LogP contribution in [0.2, 0.25) is 0 Å². The minimum Gasteiger partial charge on any atom is -0.380 e. The van der Waals surface area contributed by atoms with Crippen LogP contribution in [0, 0.1) is 0 Å². The van der Waals surface area contributed by atoms with Gasteiger partial charge in [0, 0.05) is 0 Å². The average molecular weight is 190 g/mol. The van der Waals surface area contributed by atoms with Gasteiger partial charge < -0.3 is 10.8 Å². The normalized spacial score (nSPS) is 12.6. The van der Waals surface area contributed by atoms with Crippen LogP contribution in [0.4, 0.5) is 5.95 Å². The number of hydrogen-bond donors (Lipinski definition) is 3. The lowest BCUT2D eigenvalue weighted by Crippen LogP contribution is -2.01. The third kappa shape index (κ3) is 1.57. The van der Waals surface area contributed by atoms with Gasteiger partial charge in [-0.1, -0.05) is 30.3 Å². The van der Waals surface area contributed by atoms with E-state index in [1.807, 2.05) is 30.3 Å². The number of H-pyrrole nitrogens is 1. The molecule has 0 saturated carbocycles. The van der Waals surface area contributed by atoms with E-state index in [0.29, 0.717) is 5.82 Å². The zero-order valence-corrected chi connectivity index (χ0v) is 7.38. The van der Waals surface area contributed by atoms with Gasteiger partial charge in [0.2, 0.25) is 5.95 Å². The number of aromatic amines is 1. The molecule has 1 aromatic carbocycles. The number of aromatic nitrogens is 3. The van der Waals surface area contributed by atoms with Gasteiger partial charge in [0.05, 0.1) is 0 Å². The molecule has 2 aromatic rings. The monoisotopic (exact) mass is 190 g/mol. The SMILES string of the molecule is Nc1n[nH]c([C@H](O)c2ccccc2)n1. The molecular weight excluding hydrogens is 180 g/mol. The standard InChI is InChI=1S/C9H10N4O/c10-9-11-8(12-13-9)7(14)6-4-2-1-3-5-6/h1-5,7,14H,(H3,10,11,12,13)/t7-/m1/s1. The Morgan fingerprint density at radius 3 is 2.57 bits per heavy atom. The minimum absolute atomic E-state index is 0.134. The average Bonchev–Trinajstić information content (AvgIpc) is 2.65. The van der Waals surface area contributed by atoms with E-state index < -0.39 is 6.10 Å². The van der Waals surface area contributed by atoms with E-state index >= 15 is 0 Å². The fraction of sp³-hybridized carbons (Fsp3) is 0.111. The van der Waals surface area contributed by atoms with Gasteiger partial charge >= 0.3 is 0 Å². The van der Waals surface area contributed by atoms with Crippen LogP contribution < -0.4 is 5.73 Å². The van der Waals surface area contributed by atoms with Crippen LogP contribution in [-0.2, 0) is 0 Å². The fourth-order valence-corrected chi connectivity index (χ4v) is 1.20. The molecule has 0 bridgehead atoms. The predicted molar refractivity (Wildman–Crippen MR) is 51.3 cm³/mol. The molecule has 0 aliphatic carbocycles. The molecule has 0 saturated heterocycles. The predicted octanol–water partition coefficient (Wildman–Crippen LogP) is 0.469. The third-order valence-corrected chi connectivity index (χ3v) is 1.89. The Bertz CT molecular complexity index is 412. The Morgan fingerprint density at radius 2 is 2.00 bits per heavy atom. The van der Waals surface area contributed by atoms with Crippen molar-refractivity contribution < 1.29 is 5.11 Å². The zero-order valence-electron chi connectivity index (χ0n) is 7.38. The molecule has 0 aliphatic rings. The molecule has 72 valence electrons. The van der Waals surface area contributed by atoms with Gasteiger partial charge in [-0.3, -0.25) is 5.10 Å². The summed E-state index contributed by atoms with van der Waals surface area (Å²) in [4.78, 5) is 3.85. The van der Waals surface area contributed by atoms with Crippen LogP contribution in [0.3, 0.4) is 0 Å². The molecule has 1 heterocycles. The lowest BCUT2D eigenvalue weighted by atomic mass is 10.1. The summed E-state index contributed by atoms with van der Waals surface area (Å²) in [7, 11) is 0. The molecule has 0 amide bonds. The molecule has 5 heteroatoms. The number of anilines is 1. The number of hydrogen-bond acceptors (Lipinski definition) is 4. The van der Waals surface area contributed by atoms with Crippen LogP contribution >= 0.6 is 0 Å². The van der Waals surface area contributed by atoms with Gasteiger partial charge in [-0.2, -0.15) is 4.98 Å². The summed E-state index contributed by atoms with van der Waals surface area (Å²) in [5.41, 5.74) is 6.08. The number of aliphatic hydroxyl groups is 1. The molecule has 5 nitrogen and oxygen atoms in total. The maximum atomic E-state index is 9.82. The Morgan fingerprint density at radius 1 is 1.29 bits per heavy atom. The van der Waals surface area contributed by atoms with Gasteiger partial charge in [-0.25, -0.2) is 0 Å². The molecule has 2 rings (SSSR count). The summed E-state index contributed by atoms with van der Waals surface area (Å²) in [5.74, 6) is 0.490. The highest BCUT2D eigenvalue weighted by atomic mass is 16.3. The number of benzene rings is 1. The first kappa shape index (κ1) is 8.71. The molecule has 0 unspecified atom stereocenters. The van der Waals surface area contributed by atoms with E-state index in [2.05, 4.69) is 15.2 Å². The molecule has 0 fully saturated rings. The number of nitrogen functional groups attached to an aromatic ring is 1. The Hall–Kier alpha value is -1.88. The Labute approximate surface area is 80.6 Å². The van der Waals surface area contributed by atoms with Gasteiger partial charge in [-0.15, -0.1) is 5.10 Å². The first-order valence-electron chi connectivity index (χ1n) is 4.18. The van der Waals surface area contributed by atoms with E-state index in [4.69, 9.17) is 5.73 Å². The van der Waals surface area contributed by atoms with Crippen molar-refractivity contribution in [2.24, 2.45) is 0 Å². The largest absolute Gasteiger partial charge is 0.380 e. The van der Waals surface area contributed by atoms with Crippen LogP contribution in [0.15, 0.2) is 30.3 Å². The summed E-state index contributed by atoms with van der Waals surface area (Å²) < 4.78 is 0. The smallest absolute Gasteiger partial charge is 0.239 e. The topological polar surface area (TPSA) is 87.8 Å². The summed E-state index contributed by atoms with van der Waals surface area (Å²) in [6, 6.07) is 9.19.